The number of carbonyl (C=O) groups excluding carboxylic acids is 2. The Morgan fingerprint density at radius 2 is 1.68 bits per heavy atom. The second-order valence-corrected chi connectivity index (χ2v) is 7.53. The zero-order valence-electron chi connectivity index (χ0n) is 18.1. The van der Waals surface area contributed by atoms with Crippen molar-refractivity contribution in [2.75, 3.05) is 10.6 Å². The monoisotopic (exact) mass is 468 g/mol. The summed E-state index contributed by atoms with van der Waals surface area (Å²) in [7, 11) is 0. The number of anilines is 2. The van der Waals surface area contributed by atoms with Gasteiger partial charge in [-0.15, -0.1) is 0 Å². The van der Waals surface area contributed by atoms with Crippen LogP contribution in [0.2, 0.25) is 0 Å². The molecule has 0 spiro atoms. The van der Waals surface area contributed by atoms with E-state index in [1.807, 2.05) is 19.9 Å². The first-order chi connectivity index (χ1) is 16.1. The SMILES string of the molecule is Cc1cc(C)n(-c2ccc(C(=O)Nc3ccc(NC(=O)c4ccco4)cc3C(F)(F)F)cc2)n1. The van der Waals surface area contributed by atoms with Crippen molar-refractivity contribution in [2.45, 2.75) is 20.0 Å². The fraction of sp³-hybridized carbons (Fsp3) is 0.125. The Hall–Kier alpha value is -4.34. The van der Waals surface area contributed by atoms with Crippen LogP contribution in [0.15, 0.2) is 71.3 Å². The Balaban J connectivity index is 1.54. The lowest BCUT2D eigenvalue weighted by molar-refractivity contribution is -0.136. The number of nitrogens with one attached hydrogen (secondary N) is 2. The minimum atomic E-state index is -4.77. The van der Waals surface area contributed by atoms with Crippen molar-refractivity contribution in [3.8, 4) is 5.69 Å². The number of furan rings is 1. The van der Waals surface area contributed by atoms with Crippen molar-refractivity contribution >= 4 is 23.2 Å². The highest BCUT2D eigenvalue weighted by molar-refractivity contribution is 6.05. The molecule has 2 amide bonds. The molecule has 0 atom stereocenters. The lowest BCUT2D eigenvalue weighted by Crippen LogP contribution is -2.18. The zero-order chi connectivity index (χ0) is 24.5. The second kappa shape index (κ2) is 8.89. The Morgan fingerprint density at radius 3 is 2.26 bits per heavy atom. The third kappa shape index (κ3) is 4.85. The van der Waals surface area contributed by atoms with Crippen molar-refractivity contribution < 1.29 is 27.2 Å². The maximum Gasteiger partial charge on any atom is 0.418 e. The van der Waals surface area contributed by atoms with Crippen molar-refractivity contribution in [2.24, 2.45) is 0 Å². The van der Waals surface area contributed by atoms with E-state index in [1.165, 1.54) is 36.6 Å². The summed E-state index contributed by atoms with van der Waals surface area (Å²) in [5.41, 5.74) is 1.00. The molecule has 10 heteroatoms. The highest BCUT2D eigenvalue weighted by Crippen LogP contribution is 2.37. The average Bonchev–Trinajstić information content (AvgIpc) is 3.44. The van der Waals surface area contributed by atoms with Gasteiger partial charge in [0.25, 0.3) is 11.8 Å². The van der Waals surface area contributed by atoms with Crippen LogP contribution in [0.3, 0.4) is 0 Å². The number of amides is 2. The number of aromatic nitrogens is 2. The molecule has 0 radical (unpaired) electrons. The van der Waals surface area contributed by atoms with E-state index < -0.39 is 29.2 Å². The van der Waals surface area contributed by atoms with Crippen LogP contribution >= 0.6 is 0 Å². The van der Waals surface area contributed by atoms with Crippen LogP contribution in [0.25, 0.3) is 5.69 Å². The lowest BCUT2D eigenvalue weighted by atomic mass is 10.1. The summed E-state index contributed by atoms with van der Waals surface area (Å²) in [6, 6.07) is 14.2. The molecule has 34 heavy (non-hydrogen) atoms. The van der Waals surface area contributed by atoms with Gasteiger partial charge in [0.2, 0.25) is 0 Å². The van der Waals surface area contributed by atoms with E-state index in [0.29, 0.717) is 0 Å². The smallest absolute Gasteiger partial charge is 0.418 e. The molecule has 0 saturated heterocycles. The minimum Gasteiger partial charge on any atom is -0.459 e. The van der Waals surface area contributed by atoms with Crippen LogP contribution in [0.4, 0.5) is 24.5 Å². The predicted molar refractivity (Wildman–Crippen MR) is 119 cm³/mol. The zero-order valence-corrected chi connectivity index (χ0v) is 18.1. The molecule has 0 bridgehead atoms. The fourth-order valence-corrected chi connectivity index (χ4v) is 3.40. The number of hydrogen-bond donors (Lipinski definition) is 2. The minimum absolute atomic E-state index is 0.0464. The van der Waals surface area contributed by atoms with E-state index in [2.05, 4.69) is 15.7 Å². The quantitative estimate of drug-likeness (QED) is 0.399. The Labute approximate surface area is 192 Å². The normalized spacial score (nSPS) is 11.3. The van der Waals surface area contributed by atoms with Gasteiger partial charge in [0.05, 0.1) is 28.9 Å². The maximum absolute atomic E-state index is 13.7. The molecular weight excluding hydrogens is 449 g/mol. The molecule has 4 aromatic rings. The number of hydrogen-bond acceptors (Lipinski definition) is 4. The van der Waals surface area contributed by atoms with Gasteiger partial charge in [-0.1, -0.05) is 0 Å². The Bertz CT molecular complexity index is 1340. The molecule has 0 aliphatic carbocycles. The topological polar surface area (TPSA) is 89.2 Å². The summed E-state index contributed by atoms with van der Waals surface area (Å²) in [4.78, 5) is 24.7. The van der Waals surface area contributed by atoms with Gasteiger partial charge in [-0.05, 0) is 74.5 Å². The molecule has 2 heterocycles. The number of halogens is 3. The van der Waals surface area contributed by atoms with E-state index in [9.17, 15) is 22.8 Å². The third-order valence-corrected chi connectivity index (χ3v) is 4.96. The molecule has 0 saturated carbocycles. The molecule has 4 rings (SSSR count). The van der Waals surface area contributed by atoms with Crippen molar-refractivity contribution in [1.29, 1.82) is 0 Å². The third-order valence-electron chi connectivity index (χ3n) is 4.96. The molecular formula is C24H19F3N4O3. The number of benzene rings is 2. The van der Waals surface area contributed by atoms with Crippen LogP contribution < -0.4 is 10.6 Å². The second-order valence-electron chi connectivity index (χ2n) is 7.53. The molecule has 2 N–H and O–H groups in total. The number of nitrogens with zero attached hydrogens (tertiary/aromatic N) is 2. The van der Waals surface area contributed by atoms with Crippen molar-refractivity contribution in [3.63, 3.8) is 0 Å². The van der Waals surface area contributed by atoms with E-state index in [4.69, 9.17) is 4.42 Å². The molecule has 2 aromatic heterocycles. The molecule has 0 unspecified atom stereocenters. The van der Waals surface area contributed by atoms with Gasteiger partial charge in [0.1, 0.15) is 0 Å². The van der Waals surface area contributed by atoms with E-state index in [0.717, 1.165) is 29.2 Å². The van der Waals surface area contributed by atoms with E-state index in [-0.39, 0.29) is 17.0 Å². The highest BCUT2D eigenvalue weighted by atomic mass is 19.4. The van der Waals surface area contributed by atoms with Crippen LogP contribution in [-0.4, -0.2) is 21.6 Å². The Morgan fingerprint density at radius 1 is 0.941 bits per heavy atom. The van der Waals surface area contributed by atoms with Crippen LogP contribution in [0.5, 0.6) is 0 Å². The number of carbonyl (C=O) groups is 2. The predicted octanol–water partition coefficient (Wildman–Crippen LogP) is 5.61. The molecule has 174 valence electrons. The summed E-state index contributed by atoms with van der Waals surface area (Å²) in [5, 5.41) is 9.01. The van der Waals surface area contributed by atoms with Crippen LogP contribution in [0.1, 0.15) is 37.9 Å². The standard InChI is InChI=1S/C24H19F3N4O3/c1-14-12-15(2)31(30-14)18-8-5-16(6-9-18)22(32)29-20-10-7-17(13-19(20)24(25,26)27)28-23(33)21-4-3-11-34-21/h3-13H,1-2H3,(H,28,33)(H,29,32). The first kappa shape index (κ1) is 22.8. The van der Waals surface area contributed by atoms with Gasteiger partial charge in [-0.25, -0.2) is 4.68 Å². The lowest BCUT2D eigenvalue weighted by Gasteiger charge is -2.16. The molecule has 0 aliphatic rings. The van der Waals surface area contributed by atoms with Crippen LogP contribution in [-0.2, 0) is 6.18 Å². The first-order valence-corrected chi connectivity index (χ1v) is 10.1. The summed E-state index contributed by atoms with van der Waals surface area (Å²) in [6.07, 6.45) is -3.49. The number of aryl methyl sites for hydroxylation is 2. The van der Waals surface area contributed by atoms with E-state index in [1.54, 1.807) is 16.8 Å². The van der Waals surface area contributed by atoms with Gasteiger partial charge in [0.15, 0.2) is 5.76 Å². The van der Waals surface area contributed by atoms with Gasteiger partial charge in [-0.2, -0.15) is 18.3 Å². The average molecular weight is 468 g/mol. The van der Waals surface area contributed by atoms with Crippen molar-refractivity contribution in [3.05, 3.63) is 95.2 Å². The summed E-state index contributed by atoms with van der Waals surface area (Å²) in [6.45, 7) is 3.75. The van der Waals surface area contributed by atoms with Gasteiger partial charge in [0, 0.05) is 16.9 Å². The number of alkyl halides is 3. The Kier molecular flexibility index (Phi) is 5.97. The maximum atomic E-state index is 13.7. The summed E-state index contributed by atoms with van der Waals surface area (Å²) >= 11 is 0. The summed E-state index contributed by atoms with van der Waals surface area (Å²) in [5.74, 6) is -1.45. The summed E-state index contributed by atoms with van der Waals surface area (Å²) < 4.78 is 47.7. The van der Waals surface area contributed by atoms with E-state index >= 15 is 0 Å². The van der Waals surface area contributed by atoms with Crippen LogP contribution in [0, 0.1) is 13.8 Å². The fourth-order valence-electron chi connectivity index (χ4n) is 3.40. The number of rotatable bonds is 5. The van der Waals surface area contributed by atoms with Crippen molar-refractivity contribution in [1.82, 2.24) is 9.78 Å². The van der Waals surface area contributed by atoms with Gasteiger partial charge >= 0.3 is 6.18 Å². The molecule has 7 nitrogen and oxygen atoms in total. The molecule has 0 aliphatic heterocycles. The molecule has 0 fully saturated rings. The van der Waals surface area contributed by atoms with Gasteiger partial charge < -0.3 is 15.1 Å². The largest absolute Gasteiger partial charge is 0.459 e. The first-order valence-electron chi connectivity index (χ1n) is 10.1. The molecule has 2 aromatic carbocycles. The highest BCUT2D eigenvalue weighted by Gasteiger charge is 2.34. The van der Waals surface area contributed by atoms with Gasteiger partial charge in [-0.3, -0.25) is 9.59 Å².